The first-order valence-corrected chi connectivity index (χ1v) is 9.10. The molecule has 1 aliphatic rings. The molecular weight excluding hydrogens is 364 g/mol. The minimum absolute atomic E-state index is 0.198. The lowest BCUT2D eigenvalue weighted by atomic mass is 9.96. The van der Waals surface area contributed by atoms with Crippen molar-refractivity contribution in [1.82, 2.24) is 0 Å². The van der Waals surface area contributed by atoms with Crippen molar-refractivity contribution >= 4 is 29.2 Å². The van der Waals surface area contributed by atoms with Crippen molar-refractivity contribution in [2.24, 2.45) is 0 Å². The molecule has 0 aromatic heterocycles. The summed E-state index contributed by atoms with van der Waals surface area (Å²) >= 11 is 5.91. The fraction of sp³-hybridized carbons (Fsp3) is 0.286. The lowest BCUT2D eigenvalue weighted by Crippen LogP contribution is -2.36. The van der Waals surface area contributed by atoms with E-state index in [-0.39, 0.29) is 25.5 Å². The van der Waals surface area contributed by atoms with Crippen molar-refractivity contribution in [3.8, 4) is 6.07 Å². The van der Waals surface area contributed by atoms with E-state index in [9.17, 15) is 9.59 Å². The molecular formula is C21H19ClN2O3. The van der Waals surface area contributed by atoms with Gasteiger partial charge < -0.3 is 9.64 Å². The minimum Gasteiger partial charge on any atom is -0.455 e. The lowest BCUT2D eigenvalue weighted by Gasteiger charge is -2.22. The lowest BCUT2D eigenvalue weighted by molar-refractivity contribution is -0.150. The van der Waals surface area contributed by atoms with Crippen LogP contribution in [0.15, 0.2) is 54.6 Å². The van der Waals surface area contributed by atoms with Crippen molar-refractivity contribution in [3.63, 3.8) is 0 Å². The molecule has 0 bridgehead atoms. The van der Waals surface area contributed by atoms with Crippen LogP contribution in [-0.2, 0) is 19.7 Å². The highest BCUT2D eigenvalue weighted by atomic mass is 35.5. The molecule has 0 spiro atoms. The molecule has 2 aromatic carbocycles. The van der Waals surface area contributed by atoms with Gasteiger partial charge in [-0.1, -0.05) is 41.9 Å². The van der Waals surface area contributed by atoms with Crippen LogP contribution in [0.5, 0.6) is 0 Å². The summed E-state index contributed by atoms with van der Waals surface area (Å²) < 4.78 is 5.35. The van der Waals surface area contributed by atoms with E-state index >= 15 is 0 Å². The number of carbonyl (C=O) groups is 2. The van der Waals surface area contributed by atoms with Crippen LogP contribution >= 0.6 is 11.6 Å². The van der Waals surface area contributed by atoms with E-state index in [2.05, 4.69) is 0 Å². The van der Waals surface area contributed by atoms with E-state index in [0.717, 1.165) is 5.56 Å². The highest BCUT2D eigenvalue weighted by Gasteiger charge is 2.52. The molecule has 1 amide bonds. The van der Waals surface area contributed by atoms with Crippen LogP contribution in [0.1, 0.15) is 24.8 Å². The van der Waals surface area contributed by atoms with Gasteiger partial charge in [-0.3, -0.25) is 9.59 Å². The fourth-order valence-corrected chi connectivity index (χ4v) is 3.14. The normalized spacial score (nSPS) is 14.1. The molecule has 5 nitrogen and oxygen atoms in total. The molecule has 1 fully saturated rings. The summed E-state index contributed by atoms with van der Waals surface area (Å²) in [6.45, 7) is -0.103. The van der Waals surface area contributed by atoms with Gasteiger partial charge in [-0.05, 0) is 42.7 Å². The number of carbonyl (C=O) groups excluding carboxylic acids is 2. The Kier molecular flexibility index (Phi) is 5.78. The van der Waals surface area contributed by atoms with Crippen molar-refractivity contribution in [3.05, 3.63) is 65.2 Å². The molecule has 0 heterocycles. The molecule has 27 heavy (non-hydrogen) atoms. The third-order valence-electron chi connectivity index (χ3n) is 4.68. The number of amides is 1. The van der Waals surface area contributed by atoms with Crippen LogP contribution in [0, 0.1) is 11.3 Å². The predicted octanol–water partition coefficient (Wildman–Crippen LogP) is 3.86. The summed E-state index contributed by atoms with van der Waals surface area (Å²) in [4.78, 5) is 26.7. The number of hydrogen-bond donors (Lipinski definition) is 0. The van der Waals surface area contributed by atoms with E-state index in [1.807, 2.05) is 36.4 Å². The Morgan fingerprint density at radius 1 is 1.11 bits per heavy atom. The standard InChI is InChI=1S/C21H19ClN2O3/c22-17-9-7-16(8-10-17)21(11-12-21)20(26)27-15-19(25)24(14-4-13-23)18-5-2-1-3-6-18/h1-3,5-10H,4,11-12,14-15H2. The summed E-state index contributed by atoms with van der Waals surface area (Å²) in [5.41, 5.74) is 0.858. The average molecular weight is 383 g/mol. The van der Waals surface area contributed by atoms with Crippen LogP contribution < -0.4 is 4.90 Å². The third kappa shape index (κ3) is 4.29. The maximum atomic E-state index is 12.6. The molecule has 138 valence electrons. The molecule has 0 radical (unpaired) electrons. The molecule has 2 aromatic rings. The van der Waals surface area contributed by atoms with Crippen LogP contribution in [-0.4, -0.2) is 25.0 Å². The fourth-order valence-electron chi connectivity index (χ4n) is 3.02. The van der Waals surface area contributed by atoms with Gasteiger partial charge in [0.05, 0.1) is 17.9 Å². The number of hydrogen-bond acceptors (Lipinski definition) is 4. The monoisotopic (exact) mass is 382 g/mol. The van der Waals surface area contributed by atoms with Gasteiger partial charge in [0.2, 0.25) is 0 Å². The topological polar surface area (TPSA) is 70.4 Å². The SMILES string of the molecule is N#CCCN(C(=O)COC(=O)C1(c2ccc(Cl)cc2)CC1)c1ccccc1. The molecule has 0 unspecified atom stereocenters. The third-order valence-corrected chi connectivity index (χ3v) is 4.93. The second kappa shape index (κ2) is 8.24. The Balaban J connectivity index is 1.65. The largest absolute Gasteiger partial charge is 0.455 e. The van der Waals surface area contributed by atoms with Crippen molar-refractivity contribution < 1.29 is 14.3 Å². The van der Waals surface area contributed by atoms with Gasteiger partial charge in [0.15, 0.2) is 6.61 Å². The number of rotatable bonds is 7. The molecule has 0 atom stereocenters. The van der Waals surface area contributed by atoms with Gasteiger partial charge >= 0.3 is 5.97 Å². The number of nitriles is 1. The van der Waals surface area contributed by atoms with Gasteiger partial charge in [0.25, 0.3) is 5.91 Å². The molecule has 0 N–H and O–H groups in total. The Hall–Kier alpha value is -2.84. The van der Waals surface area contributed by atoms with E-state index in [1.54, 1.807) is 24.3 Å². The first kappa shape index (κ1) is 18.9. The Morgan fingerprint density at radius 2 is 1.78 bits per heavy atom. The van der Waals surface area contributed by atoms with E-state index in [0.29, 0.717) is 23.6 Å². The number of esters is 1. The first-order chi connectivity index (χ1) is 13.1. The molecule has 3 rings (SSSR count). The Morgan fingerprint density at radius 3 is 2.37 bits per heavy atom. The van der Waals surface area contributed by atoms with Gasteiger partial charge in [0.1, 0.15) is 0 Å². The summed E-state index contributed by atoms with van der Waals surface area (Å²) in [7, 11) is 0. The van der Waals surface area contributed by atoms with E-state index in [1.165, 1.54) is 4.90 Å². The zero-order valence-electron chi connectivity index (χ0n) is 14.7. The smallest absolute Gasteiger partial charge is 0.317 e. The molecule has 0 aliphatic heterocycles. The second-order valence-corrected chi connectivity index (χ2v) is 6.89. The van der Waals surface area contributed by atoms with Gasteiger partial charge in [-0.2, -0.15) is 5.26 Å². The highest BCUT2D eigenvalue weighted by molar-refractivity contribution is 6.30. The minimum atomic E-state index is -0.672. The van der Waals surface area contributed by atoms with Crippen LogP contribution in [0.2, 0.25) is 5.02 Å². The number of ether oxygens (including phenoxy) is 1. The zero-order valence-corrected chi connectivity index (χ0v) is 15.5. The predicted molar refractivity (Wildman–Crippen MR) is 102 cm³/mol. The second-order valence-electron chi connectivity index (χ2n) is 6.45. The van der Waals surface area contributed by atoms with Crippen LogP contribution in [0.3, 0.4) is 0 Å². The van der Waals surface area contributed by atoms with Crippen LogP contribution in [0.4, 0.5) is 5.69 Å². The molecule has 1 saturated carbocycles. The maximum absolute atomic E-state index is 12.6. The van der Waals surface area contributed by atoms with E-state index in [4.69, 9.17) is 21.6 Å². The number of halogens is 1. The number of nitrogens with zero attached hydrogens (tertiary/aromatic N) is 2. The summed E-state index contributed by atoms with van der Waals surface area (Å²) in [6.07, 6.45) is 1.58. The summed E-state index contributed by atoms with van der Waals surface area (Å²) in [5.74, 6) is -0.747. The number of anilines is 1. The van der Waals surface area contributed by atoms with Crippen LogP contribution in [0.25, 0.3) is 0 Å². The molecule has 6 heteroatoms. The first-order valence-electron chi connectivity index (χ1n) is 8.72. The van der Waals surface area contributed by atoms with Gasteiger partial charge in [0, 0.05) is 17.3 Å². The number of benzene rings is 2. The summed E-state index contributed by atoms with van der Waals surface area (Å²) in [5, 5.41) is 9.45. The van der Waals surface area contributed by atoms with E-state index < -0.39 is 11.4 Å². The van der Waals surface area contributed by atoms with Crippen molar-refractivity contribution in [1.29, 1.82) is 5.26 Å². The molecule has 0 saturated heterocycles. The van der Waals surface area contributed by atoms with Crippen molar-refractivity contribution in [2.45, 2.75) is 24.7 Å². The Labute approximate surface area is 163 Å². The number of para-hydroxylation sites is 1. The zero-order chi connectivity index (χ0) is 19.3. The van der Waals surface area contributed by atoms with Crippen molar-refractivity contribution in [2.75, 3.05) is 18.1 Å². The quantitative estimate of drug-likeness (QED) is 0.682. The molecule has 1 aliphatic carbocycles. The summed E-state index contributed by atoms with van der Waals surface area (Å²) in [6, 6.07) is 18.2. The van der Waals surface area contributed by atoms with Gasteiger partial charge in [-0.25, -0.2) is 0 Å². The Bertz CT molecular complexity index is 855. The average Bonchev–Trinajstić information content (AvgIpc) is 3.50. The highest BCUT2D eigenvalue weighted by Crippen LogP contribution is 2.49. The maximum Gasteiger partial charge on any atom is 0.317 e. The van der Waals surface area contributed by atoms with Gasteiger partial charge in [-0.15, -0.1) is 0 Å².